The fraction of sp³-hybridized carbons (Fsp3) is 0.286. The molecular weight excluding hydrogens is 344 g/mol. The van der Waals surface area contributed by atoms with Gasteiger partial charge in [-0.25, -0.2) is 4.98 Å². The van der Waals surface area contributed by atoms with Crippen molar-refractivity contribution in [1.82, 2.24) is 9.55 Å². The van der Waals surface area contributed by atoms with Crippen molar-refractivity contribution in [3.05, 3.63) is 63.3 Å². The highest BCUT2D eigenvalue weighted by Crippen LogP contribution is 2.59. The third-order valence-electron chi connectivity index (χ3n) is 5.85. The average molecular weight is 362 g/mol. The Hall–Kier alpha value is -3.15. The molecule has 1 fully saturated rings. The van der Waals surface area contributed by atoms with Crippen molar-refractivity contribution in [3.8, 4) is 5.75 Å². The van der Waals surface area contributed by atoms with E-state index in [4.69, 9.17) is 9.72 Å². The Morgan fingerprint density at radius 1 is 1.33 bits per heavy atom. The fourth-order valence-electron chi connectivity index (χ4n) is 4.20. The van der Waals surface area contributed by atoms with E-state index < -0.39 is 11.4 Å². The summed E-state index contributed by atoms with van der Waals surface area (Å²) in [7, 11) is 1.63. The van der Waals surface area contributed by atoms with Crippen LogP contribution in [0.25, 0.3) is 17.7 Å². The largest absolute Gasteiger partial charge is 0.497 e. The number of methoxy groups -OCH3 is 1. The molecule has 2 aromatic rings. The highest BCUT2D eigenvalue weighted by Gasteiger charge is 2.62. The lowest BCUT2D eigenvalue weighted by Gasteiger charge is -2.18. The molecule has 0 radical (unpaired) electrons. The van der Waals surface area contributed by atoms with Crippen LogP contribution in [-0.4, -0.2) is 27.7 Å². The van der Waals surface area contributed by atoms with Crippen molar-refractivity contribution in [1.29, 1.82) is 0 Å². The van der Waals surface area contributed by atoms with E-state index in [1.165, 1.54) is 0 Å². The molecule has 1 saturated carbocycles. The Morgan fingerprint density at radius 2 is 2.11 bits per heavy atom. The Balaban J connectivity index is 1.57. The number of hydrogen-bond donors (Lipinski definition) is 1. The first kappa shape index (κ1) is 16.1. The number of hydrogen-bond acceptors (Lipinski definition) is 4. The monoisotopic (exact) mass is 362 g/mol. The zero-order valence-corrected chi connectivity index (χ0v) is 14.8. The van der Waals surface area contributed by atoms with E-state index in [1.807, 2.05) is 24.3 Å². The second-order valence-corrected chi connectivity index (χ2v) is 7.31. The summed E-state index contributed by atoms with van der Waals surface area (Å²) < 4.78 is 6.77. The molecule has 27 heavy (non-hydrogen) atoms. The minimum Gasteiger partial charge on any atom is -0.497 e. The summed E-state index contributed by atoms with van der Waals surface area (Å²) >= 11 is 0. The maximum Gasteiger partial charge on any atom is 0.315 e. The lowest BCUT2D eigenvalue weighted by molar-refractivity contribution is -0.141. The quantitative estimate of drug-likeness (QED) is 0.908. The summed E-state index contributed by atoms with van der Waals surface area (Å²) in [5, 5.41) is 9.49. The van der Waals surface area contributed by atoms with E-state index in [1.54, 1.807) is 23.8 Å². The minimum atomic E-state index is -0.924. The average Bonchev–Trinajstić information content (AvgIpc) is 3.31. The van der Waals surface area contributed by atoms with Crippen molar-refractivity contribution in [3.63, 3.8) is 0 Å². The highest BCUT2D eigenvalue weighted by atomic mass is 16.5. The molecule has 136 valence electrons. The van der Waals surface area contributed by atoms with Gasteiger partial charge in [0, 0.05) is 5.56 Å². The van der Waals surface area contributed by atoms with Gasteiger partial charge in [0.05, 0.1) is 18.8 Å². The topological polar surface area (TPSA) is 81.4 Å². The number of carboxylic acids is 1. The number of carbonyl (C=O) groups is 1. The molecule has 1 aliphatic heterocycles. The maximum absolute atomic E-state index is 13.0. The van der Waals surface area contributed by atoms with Gasteiger partial charge >= 0.3 is 5.97 Å². The third kappa shape index (κ3) is 2.22. The fourth-order valence-corrected chi connectivity index (χ4v) is 4.20. The van der Waals surface area contributed by atoms with Crippen LogP contribution in [0, 0.1) is 5.41 Å². The van der Waals surface area contributed by atoms with Crippen molar-refractivity contribution < 1.29 is 14.6 Å². The first-order chi connectivity index (χ1) is 13.0. The van der Waals surface area contributed by atoms with Gasteiger partial charge in [0.25, 0.3) is 5.56 Å². The van der Waals surface area contributed by atoms with Gasteiger partial charge in [-0.15, -0.1) is 0 Å². The van der Waals surface area contributed by atoms with E-state index in [0.29, 0.717) is 24.2 Å². The molecule has 0 amide bonds. The lowest BCUT2D eigenvalue weighted by atomic mass is 10.0. The van der Waals surface area contributed by atoms with Crippen LogP contribution in [0.4, 0.5) is 0 Å². The van der Waals surface area contributed by atoms with Crippen molar-refractivity contribution >= 4 is 23.7 Å². The molecule has 1 N–H and O–H groups in total. The van der Waals surface area contributed by atoms with E-state index in [2.05, 4.69) is 6.08 Å². The van der Waals surface area contributed by atoms with Crippen molar-refractivity contribution in [2.75, 3.05) is 7.11 Å². The van der Waals surface area contributed by atoms with Crippen LogP contribution >= 0.6 is 0 Å². The summed E-state index contributed by atoms with van der Waals surface area (Å²) in [4.78, 5) is 29.3. The lowest BCUT2D eigenvalue weighted by Crippen LogP contribution is -2.31. The van der Waals surface area contributed by atoms with E-state index >= 15 is 0 Å². The third-order valence-corrected chi connectivity index (χ3v) is 5.85. The number of rotatable bonds is 3. The Morgan fingerprint density at radius 3 is 2.81 bits per heavy atom. The molecule has 0 saturated heterocycles. The van der Waals surface area contributed by atoms with Crippen LogP contribution in [0.15, 0.2) is 35.1 Å². The van der Waals surface area contributed by atoms with Crippen molar-refractivity contribution in [2.24, 2.45) is 5.41 Å². The number of benzene rings is 1. The summed E-state index contributed by atoms with van der Waals surface area (Å²) in [6.45, 7) is 0. The number of ether oxygens (including phenoxy) is 1. The molecule has 2 unspecified atom stereocenters. The summed E-state index contributed by atoms with van der Waals surface area (Å²) in [5.41, 5.74) is 2.49. The second-order valence-electron chi connectivity index (χ2n) is 7.31. The highest BCUT2D eigenvalue weighted by molar-refractivity contribution is 5.86. The van der Waals surface area contributed by atoms with Gasteiger partial charge in [0.2, 0.25) is 0 Å². The van der Waals surface area contributed by atoms with Crippen LogP contribution in [0.1, 0.15) is 41.5 Å². The normalized spacial score (nSPS) is 25.7. The van der Waals surface area contributed by atoms with Gasteiger partial charge in [-0.3, -0.25) is 14.2 Å². The molecule has 3 aliphatic rings. The van der Waals surface area contributed by atoms with Crippen LogP contribution < -0.4 is 10.3 Å². The van der Waals surface area contributed by atoms with Crippen molar-refractivity contribution in [2.45, 2.75) is 25.3 Å². The summed E-state index contributed by atoms with van der Waals surface area (Å²) in [6.07, 6.45) is 7.28. The van der Waals surface area contributed by atoms with Crippen LogP contribution in [-0.2, 0) is 11.2 Å². The predicted octanol–water partition coefficient (Wildman–Crippen LogP) is 2.78. The Labute approximate surface area is 155 Å². The Kier molecular flexibility index (Phi) is 3.22. The standard InChI is InChI=1S/C21H18N2O4/c1-27-14-5-2-12(3-6-14)10-13-4-7-15-18(13)22-17-8-9-21(20(25)26)11-16(21)23(17)19(15)24/h2-3,5-6,8-10,16H,4,7,11H2,1H3,(H,25,26)/b13-10-. The predicted molar refractivity (Wildman–Crippen MR) is 100 cm³/mol. The first-order valence-corrected chi connectivity index (χ1v) is 8.96. The molecule has 0 spiro atoms. The molecule has 6 heteroatoms. The number of fused-ring (bicyclic) bond motifs is 4. The number of carboxylic acid groups (broad SMARTS) is 1. The van der Waals surface area contributed by atoms with Crippen LogP contribution in [0.5, 0.6) is 5.75 Å². The number of aliphatic carboxylic acids is 1. The van der Waals surface area contributed by atoms with E-state index in [0.717, 1.165) is 29.0 Å². The maximum atomic E-state index is 13.0. The molecule has 2 atom stereocenters. The van der Waals surface area contributed by atoms with Gasteiger partial charge in [-0.2, -0.15) is 0 Å². The second kappa shape index (κ2) is 5.42. The molecular formula is C21H18N2O4. The van der Waals surface area contributed by atoms with Gasteiger partial charge in [0.1, 0.15) is 17.0 Å². The van der Waals surface area contributed by atoms with Gasteiger partial charge < -0.3 is 9.84 Å². The molecule has 1 aromatic carbocycles. The van der Waals surface area contributed by atoms with Gasteiger partial charge in [-0.1, -0.05) is 18.2 Å². The minimum absolute atomic E-state index is 0.0920. The summed E-state index contributed by atoms with van der Waals surface area (Å²) in [5.74, 6) is 0.480. The summed E-state index contributed by atoms with van der Waals surface area (Å²) in [6, 6.07) is 7.44. The SMILES string of the molecule is COc1ccc(/C=C2/CCc3c2nc2n(c3=O)C3CC3(C(=O)O)C=C2)cc1. The Bertz CT molecular complexity index is 1090. The number of allylic oxidation sites excluding steroid dienone is 1. The molecule has 2 heterocycles. The van der Waals surface area contributed by atoms with Gasteiger partial charge in [-0.05, 0) is 54.7 Å². The molecule has 6 nitrogen and oxygen atoms in total. The zero-order chi connectivity index (χ0) is 18.8. The molecule has 5 rings (SSSR count). The van der Waals surface area contributed by atoms with E-state index in [9.17, 15) is 14.7 Å². The molecule has 1 aromatic heterocycles. The smallest absolute Gasteiger partial charge is 0.315 e. The number of aromatic nitrogens is 2. The zero-order valence-electron chi connectivity index (χ0n) is 14.8. The molecule has 2 aliphatic carbocycles. The van der Waals surface area contributed by atoms with Crippen LogP contribution in [0.2, 0.25) is 0 Å². The first-order valence-electron chi connectivity index (χ1n) is 8.96. The van der Waals surface area contributed by atoms with Crippen LogP contribution in [0.3, 0.4) is 0 Å². The molecule has 0 bridgehead atoms. The number of nitrogens with zero attached hydrogens (tertiary/aromatic N) is 2. The van der Waals surface area contributed by atoms with E-state index in [-0.39, 0.29) is 11.6 Å². The van der Waals surface area contributed by atoms with Gasteiger partial charge in [0.15, 0.2) is 0 Å².